The summed E-state index contributed by atoms with van der Waals surface area (Å²) >= 11 is 0. The van der Waals surface area contributed by atoms with Crippen molar-refractivity contribution in [2.45, 2.75) is 37.8 Å². The van der Waals surface area contributed by atoms with Crippen molar-refractivity contribution in [1.82, 2.24) is 5.32 Å². The van der Waals surface area contributed by atoms with E-state index in [0.717, 1.165) is 25.7 Å². The number of nitrogens with zero attached hydrogens (tertiary/aromatic N) is 1. The van der Waals surface area contributed by atoms with Crippen LogP contribution in [0.4, 0.5) is 11.4 Å². The number of anilines is 1. The molecule has 4 N–H and O–H groups in total. The molecular weight excluding hydrogens is 272 g/mol. The number of carbonyl (C=O) groups is 1. The monoisotopic (exact) mass is 292 g/mol. The second-order valence-electron chi connectivity index (χ2n) is 5.27. The summed E-state index contributed by atoms with van der Waals surface area (Å²) in [5.74, 6) is -0.277. The maximum absolute atomic E-state index is 11.7. The number of rotatable bonds is 4. The van der Waals surface area contributed by atoms with Gasteiger partial charge in [-0.15, -0.1) is 0 Å². The summed E-state index contributed by atoms with van der Waals surface area (Å²) in [6, 6.07) is 4.28. The molecule has 21 heavy (non-hydrogen) atoms. The fourth-order valence-corrected chi connectivity index (χ4v) is 2.63. The summed E-state index contributed by atoms with van der Waals surface area (Å²) in [5, 5.41) is 16.8. The van der Waals surface area contributed by atoms with Crippen molar-refractivity contribution >= 4 is 17.3 Å². The highest BCUT2D eigenvalue weighted by Gasteiger charge is 2.25. The highest BCUT2D eigenvalue weighted by atomic mass is 16.6. The van der Waals surface area contributed by atoms with Gasteiger partial charge in [-0.3, -0.25) is 14.9 Å². The van der Waals surface area contributed by atoms with E-state index in [1.54, 1.807) is 0 Å². The van der Waals surface area contributed by atoms with E-state index in [1.807, 2.05) is 0 Å². The van der Waals surface area contributed by atoms with Gasteiger partial charge < -0.3 is 16.4 Å². The molecule has 1 aromatic carbocycles. The van der Waals surface area contributed by atoms with E-state index in [0.29, 0.717) is 11.3 Å². The van der Waals surface area contributed by atoms with Crippen LogP contribution in [0.25, 0.3) is 0 Å². The van der Waals surface area contributed by atoms with E-state index >= 15 is 0 Å². The largest absolute Gasteiger partial charge is 0.375 e. The molecule has 1 saturated carbocycles. The van der Waals surface area contributed by atoms with Crippen LogP contribution < -0.4 is 16.4 Å². The van der Waals surface area contributed by atoms with Crippen molar-refractivity contribution in [2.24, 2.45) is 5.73 Å². The Morgan fingerprint density at radius 2 is 2.10 bits per heavy atom. The van der Waals surface area contributed by atoms with Crippen molar-refractivity contribution in [2.75, 3.05) is 12.4 Å². The quantitative estimate of drug-likeness (QED) is 0.577. The lowest BCUT2D eigenvalue weighted by Crippen LogP contribution is -2.42. The topological polar surface area (TPSA) is 110 Å². The molecule has 0 aromatic heterocycles. The van der Waals surface area contributed by atoms with Gasteiger partial charge in [0.2, 0.25) is 0 Å². The maximum Gasteiger partial charge on any atom is 0.292 e. The van der Waals surface area contributed by atoms with Crippen LogP contribution in [0.15, 0.2) is 18.2 Å². The molecule has 0 heterocycles. The third kappa shape index (κ3) is 3.49. The Balaban J connectivity index is 2.29. The van der Waals surface area contributed by atoms with Gasteiger partial charge in [-0.2, -0.15) is 0 Å². The standard InChI is InChI=1S/C14H20N4O3/c1-16-14(19)9-6-7-13(18(20)21)12(8-9)17-11-5-3-2-4-10(11)15/h6-8,10-11,17H,2-5,15H2,1H3,(H,16,19). The zero-order valence-corrected chi connectivity index (χ0v) is 12.0. The number of hydrogen-bond donors (Lipinski definition) is 3. The molecule has 0 bridgehead atoms. The Kier molecular flexibility index (Phi) is 4.74. The Morgan fingerprint density at radius 3 is 2.71 bits per heavy atom. The first kappa shape index (κ1) is 15.2. The minimum absolute atomic E-state index is 0.00242. The number of benzene rings is 1. The smallest absolute Gasteiger partial charge is 0.292 e. The van der Waals surface area contributed by atoms with Gasteiger partial charge in [0.05, 0.1) is 4.92 Å². The van der Waals surface area contributed by atoms with Crippen LogP contribution in [0.1, 0.15) is 36.0 Å². The molecule has 0 spiro atoms. The number of nitro benzene ring substituents is 1. The lowest BCUT2D eigenvalue weighted by atomic mass is 9.90. The summed E-state index contributed by atoms with van der Waals surface area (Å²) < 4.78 is 0. The number of hydrogen-bond acceptors (Lipinski definition) is 5. The van der Waals surface area contributed by atoms with Crippen molar-refractivity contribution < 1.29 is 9.72 Å². The SMILES string of the molecule is CNC(=O)c1ccc([N+](=O)[O-])c(NC2CCCCC2N)c1. The summed E-state index contributed by atoms with van der Waals surface area (Å²) in [6.07, 6.45) is 3.91. The van der Waals surface area contributed by atoms with E-state index < -0.39 is 4.92 Å². The molecule has 1 amide bonds. The molecule has 1 fully saturated rings. The Morgan fingerprint density at radius 1 is 1.38 bits per heavy atom. The van der Waals surface area contributed by atoms with Gasteiger partial charge in [-0.1, -0.05) is 12.8 Å². The van der Waals surface area contributed by atoms with Crippen molar-refractivity contribution in [1.29, 1.82) is 0 Å². The third-order valence-electron chi connectivity index (χ3n) is 3.84. The average Bonchev–Trinajstić information content (AvgIpc) is 2.48. The van der Waals surface area contributed by atoms with Gasteiger partial charge in [-0.25, -0.2) is 0 Å². The summed E-state index contributed by atoms with van der Waals surface area (Å²) in [6.45, 7) is 0. The maximum atomic E-state index is 11.7. The van der Waals surface area contributed by atoms with Crippen LogP contribution in [-0.4, -0.2) is 30.0 Å². The number of amides is 1. The molecule has 7 heteroatoms. The van der Waals surface area contributed by atoms with Gasteiger partial charge in [0.15, 0.2) is 0 Å². The van der Waals surface area contributed by atoms with Crippen LogP contribution in [0.3, 0.4) is 0 Å². The molecule has 0 saturated heterocycles. The lowest BCUT2D eigenvalue weighted by Gasteiger charge is -2.30. The van der Waals surface area contributed by atoms with Crippen LogP contribution in [0.2, 0.25) is 0 Å². The Hall–Kier alpha value is -2.15. The molecular formula is C14H20N4O3. The van der Waals surface area contributed by atoms with E-state index in [1.165, 1.54) is 25.2 Å². The molecule has 2 rings (SSSR count). The highest BCUT2D eigenvalue weighted by Crippen LogP contribution is 2.29. The number of carbonyl (C=O) groups excluding carboxylic acids is 1. The van der Waals surface area contributed by atoms with E-state index in [2.05, 4.69) is 10.6 Å². The third-order valence-corrected chi connectivity index (χ3v) is 3.84. The highest BCUT2D eigenvalue weighted by molar-refractivity contribution is 5.95. The fourth-order valence-electron chi connectivity index (χ4n) is 2.63. The summed E-state index contributed by atoms with van der Waals surface area (Å²) in [4.78, 5) is 22.3. The van der Waals surface area contributed by atoms with Crippen molar-refractivity contribution in [3.63, 3.8) is 0 Å². The predicted octanol–water partition coefficient (Wildman–Crippen LogP) is 1.64. The van der Waals surface area contributed by atoms with Crippen molar-refractivity contribution in [3.05, 3.63) is 33.9 Å². The molecule has 1 aliphatic carbocycles. The summed E-state index contributed by atoms with van der Waals surface area (Å²) in [5.41, 5.74) is 6.76. The number of nitrogens with two attached hydrogens (primary N) is 1. The second-order valence-corrected chi connectivity index (χ2v) is 5.27. The predicted molar refractivity (Wildman–Crippen MR) is 80.3 cm³/mol. The normalized spacial score (nSPS) is 21.6. The lowest BCUT2D eigenvalue weighted by molar-refractivity contribution is -0.384. The number of nitro groups is 1. The van der Waals surface area contributed by atoms with Crippen molar-refractivity contribution in [3.8, 4) is 0 Å². The molecule has 0 radical (unpaired) electrons. The van der Waals surface area contributed by atoms with Crippen LogP contribution in [0.5, 0.6) is 0 Å². The van der Waals surface area contributed by atoms with Gasteiger partial charge in [0.1, 0.15) is 5.69 Å². The molecule has 1 aliphatic rings. The molecule has 114 valence electrons. The first-order valence-corrected chi connectivity index (χ1v) is 7.05. The molecule has 2 atom stereocenters. The second kappa shape index (κ2) is 6.53. The van der Waals surface area contributed by atoms with Crippen LogP contribution >= 0.6 is 0 Å². The summed E-state index contributed by atoms with van der Waals surface area (Å²) in [7, 11) is 1.52. The first-order valence-electron chi connectivity index (χ1n) is 7.05. The van der Waals surface area contributed by atoms with Crippen LogP contribution in [0, 0.1) is 10.1 Å². The van der Waals surface area contributed by atoms with E-state index in [4.69, 9.17) is 5.73 Å². The Bertz CT molecular complexity index is 547. The minimum Gasteiger partial charge on any atom is -0.375 e. The minimum atomic E-state index is -0.454. The molecule has 7 nitrogen and oxygen atoms in total. The van der Waals surface area contributed by atoms with Gasteiger partial charge in [-0.05, 0) is 25.0 Å². The Labute approximate surface area is 123 Å². The zero-order valence-electron chi connectivity index (χ0n) is 12.0. The zero-order chi connectivity index (χ0) is 15.4. The molecule has 0 aliphatic heterocycles. The van der Waals surface area contributed by atoms with E-state index in [9.17, 15) is 14.9 Å². The fraction of sp³-hybridized carbons (Fsp3) is 0.500. The van der Waals surface area contributed by atoms with Crippen LogP contribution in [-0.2, 0) is 0 Å². The first-order chi connectivity index (χ1) is 10.0. The average molecular weight is 292 g/mol. The number of nitrogens with one attached hydrogen (secondary N) is 2. The van der Waals surface area contributed by atoms with E-state index in [-0.39, 0.29) is 23.7 Å². The molecule has 1 aromatic rings. The van der Waals surface area contributed by atoms with Gasteiger partial charge >= 0.3 is 0 Å². The van der Waals surface area contributed by atoms with Gasteiger partial charge in [0.25, 0.3) is 11.6 Å². The van der Waals surface area contributed by atoms with Gasteiger partial charge in [0, 0.05) is 30.8 Å². The molecule has 2 unspecified atom stereocenters.